The maximum absolute atomic E-state index is 12.5. The Balaban J connectivity index is 1.87. The molecular weight excluding hydrogens is 354 g/mol. The molecule has 0 bridgehead atoms. The Bertz CT molecular complexity index is 838. The van der Waals surface area contributed by atoms with Crippen LogP contribution in [0.25, 0.3) is 10.1 Å². The Kier molecular flexibility index (Phi) is 4.66. The van der Waals surface area contributed by atoms with E-state index in [0.29, 0.717) is 14.1 Å². The smallest absolute Gasteiger partial charge is 0.333 e. The lowest BCUT2D eigenvalue weighted by atomic mass is 10.2. The molecule has 0 fully saturated rings. The van der Waals surface area contributed by atoms with E-state index in [2.05, 4.69) is 5.32 Å². The molecule has 1 atom stereocenters. The number of amides is 1. The number of ether oxygens (including phenoxy) is 1. The third-order valence-electron chi connectivity index (χ3n) is 3.24. The Morgan fingerprint density at radius 1 is 1.17 bits per heavy atom. The Hall–Kier alpha value is -1.89. The second-order valence-electron chi connectivity index (χ2n) is 4.72. The van der Waals surface area contributed by atoms with Crippen LogP contribution in [0, 0.1) is 0 Å². The van der Waals surface area contributed by atoms with E-state index < -0.39 is 12.0 Å². The van der Waals surface area contributed by atoms with Crippen molar-refractivity contribution in [3.63, 3.8) is 0 Å². The molecule has 0 saturated heterocycles. The molecule has 2 heterocycles. The van der Waals surface area contributed by atoms with Gasteiger partial charge in [0.15, 0.2) is 6.04 Å². The van der Waals surface area contributed by atoms with Gasteiger partial charge in [0.25, 0.3) is 5.91 Å². The van der Waals surface area contributed by atoms with Crippen LogP contribution < -0.4 is 5.32 Å². The van der Waals surface area contributed by atoms with Crippen LogP contribution in [-0.2, 0) is 9.53 Å². The number of hydrogen-bond acceptors (Lipinski definition) is 5. The molecule has 3 aromatic rings. The molecule has 0 saturated carbocycles. The van der Waals surface area contributed by atoms with Crippen molar-refractivity contribution in [1.29, 1.82) is 0 Å². The van der Waals surface area contributed by atoms with Crippen molar-refractivity contribution in [2.24, 2.45) is 0 Å². The lowest BCUT2D eigenvalue weighted by molar-refractivity contribution is -0.143. The van der Waals surface area contributed by atoms with Crippen LogP contribution in [0.3, 0.4) is 0 Å². The number of carbonyl (C=O) groups is 2. The average Bonchev–Trinajstić information content (AvgIpc) is 3.17. The molecule has 0 aliphatic heterocycles. The van der Waals surface area contributed by atoms with Gasteiger partial charge < -0.3 is 10.1 Å². The molecule has 0 aliphatic carbocycles. The highest BCUT2D eigenvalue weighted by Crippen LogP contribution is 2.29. The number of thiophene rings is 2. The second kappa shape index (κ2) is 6.70. The van der Waals surface area contributed by atoms with Crippen LogP contribution >= 0.6 is 34.3 Å². The molecule has 4 nitrogen and oxygen atoms in total. The summed E-state index contributed by atoms with van der Waals surface area (Å²) >= 11 is 8.53. The zero-order valence-electron chi connectivity index (χ0n) is 12.0. The predicted molar refractivity (Wildman–Crippen MR) is 93.4 cm³/mol. The number of benzene rings is 1. The van der Waals surface area contributed by atoms with Gasteiger partial charge in [-0.2, -0.15) is 0 Å². The van der Waals surface area contributed by atoms with E-state index >= 15 is 0 Å². The van der Waals surface area contributed by atoms with Gasteiger partial charge in [-0.05, 0) is 29.7 Å². The molecule has 1 aromatic carbocycles. The number of rotatable bonds is 4. The zero-order valence-corrected chi connectivity index (χ0v) is 14.4. The summed E-state index contributed by atoms with van der Waals surface area (Å²) in [4.78, 5) is 25.7. The van der Waals surface area contributed by atoms with E-state index in [-0.39, 0.29) is 5.91 Å². The first kappa shape index (κ1) is 16.0. The zero-order chi connectivity index (χ0) is 16.4. The molecule has 1 unspecified atom stereocenters. The van der Waals surface area contributed by atoms with Gasteiger partial charge in [0.1, 0.15) is 0 Å². The summed E-state index contributed by atoms with van der Waals surface area (Å²) in [5.41, 5.74) is 0. The van der Waals surface area contributed by atoms with Gasteiger partial charge in [-0.25, -0.2) is 4.79 Å². The molecule has 7 heteroatoms. The predicted octanol–water partition coefficient (Wildman–Crippen LogP) is 4.26. The molecule has 23 heavy (non-hydrogen) atoms. The largest absolute Gasteiger partial charge is 0.467 e. The number of hydrogen-bond donors (Lipinski definition) is 1. The Labute approximate surface area is 145 Å². The van der Waals surface area contributed by atoms with Gasteiger partial charge in [0, 0.05) is 9.58 Å². The Morgan fingerprint density at radius 2 is 1.96 bits per heavy atom. The fraction of sp³-hybridized carbons (Fsp3) is 0.125. The molecule has 0 radical (unpaired) electrons. The molecule has 1 amide bonds. The quantitative estimate of drug-likeness (QED) is 0.703. The second-order valence-corrected chi connectivity index (χ2v) is 7.55. The number of carbonyl (C=O) groups excluding carboxylic acids is 2. The highest BCUT2D eigenvalue weighted by molar-refractivity contribution is 7.20. The van der Waals surface area contributed by atoms with E-state index in [0.717, 1.165) is 10.1 Å². The molecule has 2 aromatic heterocycles. The van der Waals surface area contributed by atoms with Gasteiger partial charge in [0.2, 0.25) is 0 Å². The molecule has 1 N–H and O–H groups in total. The summed E-state index contributed by atoms with van der Waals surface area (Å²) in [6, 6.07) is 12.1. The van der Waals surface area contributed by atoms with Crippen molar-refractivity contribution in [1.82, 2.24) is 5.32 Å². The maximum atomic E-state index is 12.5. The summed E-state index contributed by atoms with van der Waals surface area (Å²) in [5, 5.41) is 3.72. The molecule has 0 aliphatic rings. The highest BCUT2D eigenvalue weighted by Gasteiger charge is 2.26. The molecule has 118 valence electrons. The minimum atomic E-state index is -0.866. The van der Waals surface area contributed by atoms with E-state index in [4.69, 9.17) is 16.3 Å². The fourth-order valence-electron chi connectivity index (χ4n) is 2.14. The molecule has 3 rings (SSSR count). The molecule has 0 spiro atoms. The maximum Gasteiger partial charge on any atom is 0.333 e. The van der Waals surface area contributed by atoms with Crippen molar-refractivity contribution in [3.05, 3.63) is 56.6 Å². The van der Waals surface area contributed by atoms with Gasteiger partial charge in [-0.15, -0.1) is 22.7 Å². The van der Waals surface area contributed by atoms with Crippen LogP contribution in [0.2, 0.25) is 4.34 Å². The van der Waals surface area contributed by atoms with Crippen LogP contribution in [-0.4, -0.2) is 19.0 Å². The van der Waals surface area contributed by atoms with Crippen LogP contribution in [0.15, 0.2) is 42.5 Å². The van der Waals surface area contributed by atoms with Gasteiger partial charge >= 0.3 is 5.97 Å². The topological polar surface area (TPSA) is 55.4 Å². The number of nitrogens with one attached hydrogen (secondary N) is 1. The lowest BCUT2D eigenvalue weighted by Gasteiger charge is -2.14. The highest BCUT2D eigenvalue weighted by atomic mass is 35.5. The van der Waals surface area contributed by atoms with Gasteiger partial charge in [0.05, 0.1) is 16.3 Å². The minimum Gasteiger partial charge on any atom is -0.467 e. The summed E-state index contributed by atoms with van der Waals surface area (Å²) in [6.45, 7) is 0. The number of halogens is 1. The van der Waals surface area contributed by atoms with Crippen molar-refractivity contribution >= 4 is 56.2 Å². The Morgan fingerprint density at radius 3 is 2.61 bits per heavy atom. The summed E-state index contributed by atoms with van der Waals surface area (Å²) in [6.07, 6.45) is 0. The molecular formula is C16H12ClNO3S2. The van der Waals surface area contributed by atoms with Crippen molar-refractivity contribution in [2.75, 3.05) is 7.11 Å². The third-order valence-corrected chi connectivity index (χ3v) is 5.65. The summed E-state index contributed by atoms with van der Waals surface area (Å²) in [5.74, 6) is -0.843. The number of esters is 1. The lowest BCUT2D eigenvalue weighted by Crippen LogP contribution is -2.33. The van der Waals surface area contributed by atoms with E-state index in [1.807, 2.05) is 30.3 Å². The standard InChI is InChI=1S/C16H12ClNO3S2/c1-21-16(20)14(11-6-7-13(17)23-11)18-15(19)12-8-9-4-2-3-5-10(9)22-12/h2-8,14H,1H3,(H,18,19). The van der Waals surface area contributed by atoms with Gasteiger partial charge in [-0.1, -0.05) is 29.8 Å². The van der Waals surface area contributed by atoms with E-state index in [9.17, 15) is 9.59 Å². The summed E-state index contributed by atoms with van der Waals surface area (Å²) in [7, 11) is 1.29. The van der Waals surface area contributed by atoms with Crippen molar-refractivity contribution in [2.45, 2.75) is 6.04 Å². The normalized spacial score (nSPS) is 12.1. The van der Waals surface area contributed by atoms with Crippen molar-refractivity contribution in [3.8, 4) is 0 Å². The van der Waals surface area contributed by atoms with Crippen LogP contribution in [0.1, 0.15) is 20.6 Å². The average molecular weight is 366 g/mol. The fourth-order valence-corrected chi connectivity index (χ4v) is 4.21. The SMILES string of the molecule is COC(=O)C(NC(=O)c1cc2ccccc2s1)c1ccc(Cl)s1. The first-order chi connectivity index (χ1) is 11.1. The van der Waals surface area contributed by atoms with Crippen LogP contribution in [0.4, 0.5) is 0 Å². The van der Waals surface area contributed by atoms with E-state index in [1.54, 1.807) is 12.1 Å². The van der Waals surface area contributed by atoms with E-state index in [1.165, 1.54) is 29.8 Å². The summed E-state index contributed by atoms with van der Waals surface area (Å²) < 4.78 is 6.35. The first-order valence-electron chi connectivity index (χ1n) is 6.71. The van der Waals surface area contributed by atoms with Gasteiger partial charge in [-0.3, -0.25) is 4.79 Å². The minimum absolute atomic E-state index is 0.314. The van der Waals surface area contributed by atoms with Crippen molar-refractivity contribution < 1.29 is 14.3 Å². The van der Waals surface area contributed by atoms with Crippen LogP contribution in [0.5, 0.6) is 0 Å². The number of fused-ring (bicyclic) bond motifs is 1. The third kappa shape index (κ3) is 3.39. The monoisotopic (exact) mass is 365 g/mol. The first-order valence-corrected chi connectivity index (χ1v) is 8.72. The number of methoxy groups -OCH3 is 1.